The lowest BCUT2D eigenvalue weighted by atomic mass is 9.66. The molecule has 0 aliphatic carbocycles. The first-order valence-electron chi connectivity index (χ1n) is 10.9. The number of nitrogens with one attached hydrogen (secondary N) is 1. The summed E-state index contributed by atoms with van der Waals surface area (Å²) >= 11 is 1.60. The molecule has 2 unspecified atom stereocenters. The number of carbonyl (C=O) groups excluding carboxylic acids is 3. The van der Waals surface area contributed by atoms with E-state index >= 15 is 0 Å². The van der Waals surface area contributed by atoms with Crippen molar-refractivity contribution in [1.82, 2.24) is 10.2 Å². The molecule has 6 atom stereocenters. The minimum absolute atomic E-state index is 0.226. The highest BCUT2D eigenvalue weighted by Crippen LogP contribution is 2.71. The molecule has 2 amide bonds. The van der Waals surface area contributed by atoms with E-state index in [0.717, 1.165) is 12.0 Å². The number of hydrogen-bond acceptors (Lipinski definition) is 6. The molecule has 1 aromatic rings. The van der Waals surface area contributed by atoms with Crippen LogP contribution in [0.3, 0.4) is 0 Å². The molecule has 4 rings (SSSR count). The number of rotatable bonds is 7. The number of fused-ring (bicyclic) bond motifs is 1. The quantitative estimate of drug-likeness (QED) is 0.620. The van der Waals surface area contributed by atoms with Gasteiger partial charge in [0.15, 0.2) is 0 Å². The van der Waals surface area contributed by atoms with Crippen LogP contribution in [0, 0.1) is 11.8 Å². The summed E-state index contributed by atoms with van der Waals surface area (Å²) in [6.45, 7) is 5.87. The van der Waals surface area contributed by atoms with E-state index in [-0.39, 0.29) is 31.0 Å². The van der Waals surface area contributed by atoms with Gasteiger partial charge in [0.1, 0.15) is 6.04 Å². The molecule has 1 spiro atoms. The van der Waals surface area contributed by atoms with Gasteiger partial charge >= 0.3 is 5.97 Å². The molecule has 168 valence electrons. The second-order valence-electron chi connectivity index (χ2n) is 8.96. The van der Waals surface area contributed by atoms with Crippen molar-refractivity contribution in [3.8, 4) is 0 Å². The number of aliphatic hydroxyl groups excluding tert-OH is 1. The molecule has 2 bridgehead atoms. The highest BCUT2D eigenvalue weighted by atomic mass is 32.2. The van der Waals surface area contributed by atoms with Crippen LogP contribution in [0.4, 0.5) is 0 Å². The molecule has 1 aromatic carbocycles. The maximum absolute atomic E-state index is 13.6. The second kappa shape index (κ2) is 8.13. The molecule has 3 aliphatic heterocycles. The van der Waals surface area contributed by atoms with E-state index in [1.165, 1.54) is 4.90 Å². The number of esters is 1. The van der Waals surface area contributed by atoms with Gasteiger partial charge in [-0.05, 0) is 39.2 Å². The van der Waals surface area contributed by atoms with Crippen molar-refractivity contribution in [3.63, 3.8) is 0 Å². The van der Waals surface area contributed by atoms with Gasteiger partial charge in [0.05, 0.1) is 35.8 Å². The Morgan fingerprint density at radius 1 is 1.32 bits per heavy atom. The van der Waals surface area contributed by atoms with E-state index in [4.69, 9.17) is 4.74 Å². The van der Waals surface area contributed by atoms with Crippen LogP contribution in [-0.2, 0) is 25.7 Å². The van der Waals surface area contributed by atoms with Gasteiger partial charge in [0, 0.05) is 11.3 Å². The Bertz CT molecular complexity index is 880. The topological polar surface area (TPSA) is 95.9 Å². The number of aliphatic hydroxyl groups is 1. The van der Waals surface area contributed by atoms with Crippen LogP contribution in [0.25, 0.3) is 0 Å². The van der Waals surface area contributed by atoms with Crippen molar-refractivity contribution in [1.29, 1.82) is 0 Å². The lowest BCUT2D eigenvalue weighted by Crippen LogP contribution is -2.55. The van der Waals surface area contributed by atoms with Crippen molar-refractivity contribution in [2.24, 2.45) is 11.8 Å². The van der Waals surface area contributed by atoms with Crippen molar-refractivity contribution in [2.75, 3.05) is 13.2 Å². The number of ether oxygens (including phenoxy) is 1. The SMILES string of the molecule is CCOC(=O)[C@H]1[C@H]2C(=O)N([C@H](C)CO)C(C(=O)NCc3ccccc3)C23CC[C@]1(C)S3. The van der Waals surface area contributed by atoms with Crippen LogP contribution in [0.5, 0.6) is 0 Å². The van der Waals surface area contributed by atoms with Gasteiger partial charge in [-0.25, -0.2) is 0 Å². The number of nitrogens with zero attached hydrogens (tertiary/aromatic N) is 1. The maximum Gasteiger partial charge on any atom is 0.311 e. The summed E-state index contributed by atoms with van der Waals surface area (Å²) in [5.41, 5.74) is 0.968. The van der Waals surface area contributed by atoms with Crippen LogP contribution in [0.2, 0.25) is 0 Å². The van der Waals surface area contributed by atoms with Gasteiger partial charge in [-0.1, -0.05) is 30.3 Å². The molecule has 31 heavy (non-hydrogen) atoms. The van der Waals surface area contributed by atoms with Gasteiger partial charge in [-0.2, -0.15) is 0 Å². The Labute approximate surface area is 186 Å². The fraction of sp³-hybridized carbons (Fsp3) is 0.609. The van der Waals surface area contributed by atoms with Crippen molar-refractivity contribution in [2.45, 2.75) is 61.7 Å². The number of carbonyl (C=O) groups is 3. The van der Waals surface area contributed by atoms with Gasteiger partial charge < -0.3 is 20.1 Å². The normalized spacial score (nSPS) is 34.5. The summed E-state index contributed by atoms with van der Waals surface area (Å²) < 4.78 is 4.23. The minimum atomic E-state index is -0.734. The minimum Gasteiger partial charge on any atom is -0.466 e. The predicted molar refractivity (Wildman–Crippen MR) is 117 cm³/mol. The Hall–Kier alpha value is -2.06. The van der Waals surface area contributed by atoms with Crippen LogP contribution in [-0.4, -0.2) is 62.6 Å². The van der Waals surface area contributed by atoms with Gasteiger partial charge in [0.2, 0.25) is 11.8 Å². The van der Waals surface area contributed by atoms with Crippen LogP contribution in [0.15, 0.2) is 30.3 Å². The van der Waals surface area contributed by atoms with Gasteiger partial charge in [-0.3, -0.25) is 14.4 Å². The van der Waals surface area contributed by atoms with Crippen molar-refractivity contribution in [3.05, 3.63) is 35.9 Å². The first kappa shape index (κ1) is 22.1. The van der Waals surface area contributed by atoms with Gasteiger partial charge in [-0.15, -0.1) is 11.8 Å². The van der Waals surface area contributed by atoms with E-state index in [9.17, 15) is 19.5 Å². The Kier molecular flexibility index (Phi) is 5.81. The highest BCUT2D eigenvalue weighted by Gasteiger charge is 2.77. The second-order valence-corrected chi connectivity index (χ2v) is 10.9. The number of amides is 2. The molecule has 3 saturated heterocycles. The van der Waals surface area contributed by atoms with Crippen LogP contribution < -0.4 is 5.32 Å². The molecule has 3 heterocycles. The Balaban J connectivity index is 1.68. The first-order valence-corrected chi connectivity index (χ1v) is 11.7. The smallest absolute Gasteiger partial charge is 0.311 e. The summed E-state index contributed by atoms with van der Waals surface area (Å²) in [4.78, 5) is 41.6. The average Bonchev–Trinajstić information content (AvgIpc) is 3.33. The molecule has 0 aromatic heterocycles. The summed E-state index contributed by atoms with van der Waals surface area (Å²) in [6.07, 6.45) is 1.42. The first-order chi connectivity index (χ1) is 14.8. The Morgan fingerprint density at radius 2 is 2.03 bits per heavy atom. The molecular weight excluding hydrogens is 416 g/mol. The highest BCUT2D eigenvalue weighted by molar-refractivity contribution is 8.02. The van der Waals surface area contributed by atoms with Gasteiger partial charge in [0.25, 0.3) is 0 Å². The lowest BCUT2D eigenvalue weighted by molar-refractivity contribution is -0.155. The van der Waals surface area contributed by atoms with E-state index < -0.39 is 33.4 Å². The summed E-state index contributed by atoms with van der Waals surface area (Å²) in [5, 5.41) is 12.8. The third-order valence-corrected chi connectivity index (χ3v) is 9.04. The zero-order chi connectivity index (χ0) is 22.4. The van der Waals surface area contributed by atoms with Crippen molar-refractivity contribution >= 4 is 29.5 Å². The molecule has 2 N–H and O–H groups in total. The van der Waals surface area contributed by atoms with E-state index in [2.05, 4.69) is 5.32 Å². The maximum atomic E-state index is 13.6. The molecule has 7 nitrogen and oxygen atoms in total. The number of hydrogen-bond donors (Lipinski definition) is 2. The summed E-state index contributed by atoms with van der Waals surface area (Å²) in [6, 6.07) is 8.35. The number of thioether (sulfide) groups is 1. The third kappa shape index (κ3) is 3.35. The van der Waals surface area contributed by atoms with E-state index in [0.29, 0.717) is 13.0 Å². The largest absolute Gasteiger partial charge is 0.466 e. The molecule has 8 heteroatoms. The summed E-state index contributed by atoms with van der Waals surface area (Å²) in [5.74, 6) is -2.02. The monoisotopic (exact) mass is 446 g/mol. The average molecular weight is 447 g/mol. The Morgan fingerprint density at radius 3 is 2.68 bits per heavy atom. The number of likely N-dealkylation sites (tertiary alicyclic amines) is 1. The molecule has 3 aliphatic rings. The van der Waals surface area contributed by atoms with Crippen LogP contribution >= 0.6 is 11.8 Å². The molecular formula is C23H30N2O5S. The fourth-order valence-corrected chi connectivity index (χ4v) is 8.03. The molecule has 3 fully saturated rings. The van der Waals surface area contributed by atoms with Crippen LogP contribution in [0.1, 0.15) is 39.2 Å². The number of benzene rings is 1. The molecule has 0 radical (unpaired) electrons. The lowest BCUT2D eigenvalue weighted by Gasteiger charge is -2.35. The van der Waals surface area contributed by atoms with E-state index in [1.54, 1.807) is 25.6 Å². The molecule has 0 saturated carbocycles. The zero-order valence-electron chi connectivity index (χ0n) is 18.2. The van der Waals surface area contributed by atoms with E-state index in [1.807, 2.05) is 37.3 Å². The van der Waals surface area contributed by atoms with Crippen molar-refractivity contribution < 1.29 is 24.2 Å². The third-order valence-electron chi connectivity index (χ3n) is 7.05. The summed E-state index contributed by atoms with van der Waals surface area (Å²) in [7, 11) is 0. The standard InChI is InChI=1S/C23H30N2O5S/c1-4-30-21(29)17-16-20(28)25(14(2)13-26)18(23(16)11-10-22(17,3)31-23)19(27)24-12-15-8-6-5-7-9-15/h5-9,14,16-18,26H,4,10-13H2,1-3H3,(H,24,27)/t14-,16+,17-,18?,22+,23?/m1/s1. The predicted octanol–water partition coefficient (Wildman–Crippen LogP) is 1.73. The zero-order valence-corrected chi connectivity index (χ0v) is 19.0. The fourth-order valence-electron chi connectivity index (χ4n) is 5.70.